The van der Waals surface area contributed by atoms with E-state index in [2.05, 4.69) is 10.6 Å². The zero-order valence-electron chi connectivity index (χ0n) is 12.3. The summed E-state index contributed by atoms with van der Waals surface area (Å²) >= 11 is 12.3. The second kappa shape index (κ2) is 5.56. The minimum absolute atomic E-state index is 0.513. The van der Waals surface area contributed by atoms with Crippen molar-refractivity contribution in [2.24, 2.45) is 0 Å². The largest absolute Gasteiger partial charge is 0.323 e. The smallest absolute Gasteiger partial charge is 0.113 e. The normalized spacial score (nSPS) is 14.1. The molecule has 4 rings (SSSR count). The summed E-state index contributed by atoms with van der Waals surface area (Å²) in [5, 5.41) is 10.1. The van der Waals surface area contributed by atoms with Gasteiger partial charge in [-0.2, -0.15) is 5.26 Å². The van der Waals surface area contributed by atoms with Gasteiger partial charge in [0.15, 0.2) is 0 Å². The molecule has 0 saturated heterocycles. The molecule has 1 fully saturated rings. The van der Waals surface area contributed by atoms with E-state index in [-0.39, 0.29) is 0 Å². The Bertz CT molecular complexity index is 949. The number of benzene rings is 2. The Morgan fingerprint density at radius 3 is 2.70 bits per heavy atom. The average molecular weight is 342 g/mol. The average Bonchev–Trinajstić information content (AvgIpc) is 3.34. The zero-order valence-corrected chi connectivity index (χ0v) is 13.8. The van der Waals surface area contributed by atoms with Crippen molar-refractivity contribution < 1.29 is 0 Å². The van der Waals surface area contributed by atoms with Crippen LogP contribution in [0.5, 0.6) is 0 Å². The van der Waals surface area contributed by atoms with E-state index < -0.39 is 0 Å². The molecule has 2 aromatic carbocycles. The van der Waals surface area contributed by atoms with E-state index in [1.54, 1.807) is 0 Å². The maximum atomic E-state index is 9.08. The van der Waals surface area contributed by atoms with Gasteiger partial charge in [-0.1, -0.05) is 35.3 Å². The van der Waals surface area contributed by atoms with Gasteiger partial charge in [0.1, 0.15) is 5.82 Å². The topological polar surface area (TPSA) is 41.6 Å². The molecule has 0 amide bonds. The van der Waals surface area contributed by atoms with Crippen molar-refractivity contribution in [3.63, 3.8) is 0 Å². The fraction of sp³-hybridized carbons (Fsp3) is 0.222. The molecular weight excluding hydrogens is 329 g/mol. The van der Waals surface area contributed by atoms with E-state index in [1.165, 1.54) is 12.8 Å². The fourth-order valence-electron chi connectivity index (χ4n) is 2.88. The number of imidazole rings is 1. The van der Waals surface area contributed by atoms with Gasteiger partial charge in [0.25, 0.3) is 0 Å². The van der Waals surface area contributed by atoms with Gasteiger partial charge in [-0.05, 0) is 42.7 Å². The molecular formula is C18H13Cl2N3. The van der Waals surface area contributed by atoms with E-state index in [0.717, 1.165) is 22.4 Å². The molecule has 5 heteroatoms. The number of fused-ring (bicyclic) bond motifs is 1. The SMILES string of the molecule is N#Cc1cccc(Cn2c(C3CC3)nc3cc(Cl)c(Cl)cc32)c1. The molecule has 23 heavy (non-hydrogen) atoms. The van der Waals surface area contributed by atoms with Crippen molar-refractivity contribution in [2.75, 3.05) is 0 Å². The van der Waals surface area contributed by atoms with Crippen LogP contribution in [-0.2, 0) is 6.54 Å². The third-order valence-corrected chi connectivity index (χ3v) is 4.88. The van der Waals surface area contributed by atoms with Crippen LogP contribution in [0.4, 0.5) is 0 Å². The summed E-state index contributed by atoms with van der Waals surface area (Å²) < 4.78 is 2.20. The van der Waals surface area contributed by atoms with Gasteiger partial charge >= 0.3 is 0 Å². The standard InChI is InChI=1S/C18H13Cl2N3/c19-14-7-16-17(8-15(14)20)23(18(22-16)13-4-5-13)10-12-3-1-2-11(6-12)9-21/h1-3,6-8,13H,4-5,10H2. The molecule has 1 aromatic heterocycles. The summed E-state index contributed by atoms with van der Waals surface area (Å²) in [5.74, 6) is 1.60. The Kier molecular flexibility index (Phi) is 3.52. The van der Waals surface area contributed by atoms with Crippen LogP contribution in [0.25, 0.3) is 11.0 Å². The Labute approximate surface area is 144 Å². The minimum Gasteiger partial charge on any atom is -0.323 e. The first-order chi connectivity index (χ1) is 11.2. The molecule has 0 radical (unpaired) electrons. The van der Waals surface area contributed by atoms with E-state index >= 15 is 0 Å². The third kappa shape index (κ3) is 2.69. The number of halogens is 2. The maximum Gasteiger partial charge on any atom is 0.113 e. The molecule has 1 aliphatic rings. The van der Waals surface area contributed by atoms with Gasteiger partial charge in [0.05, 0.1) is 32.7 Å². The van der Waals surface area contributed by atoms with Gasteiger partial charge < -0.3 is 4.57 Å². The molecule has 0 spiro atoms. The predicted molar refractivity (Wildman–Crippen MR) is 92.0 cm³/mol. The molecule has 1 heterocycles. The van der Waals surface area contributed by atoms with Crippen LogP contribution in [0.15, 0.2) is 36.4 Å². The lowest BCUT2D eigenvalue weighted by molar-refractivity contribution is 0.747. The highest BCUT2D eigenvalue weighted by molar-refractivity contribution is 6.42. The van der Waals surface area contributed by atoms with E-state index in [1.807, 2.05) is 36.4 Å². The predicted octanol–water partition coefficient (Wildman–Crippen LogP) is 5.14. The lowest BCUT2D eigenvalue weighted by Crippen LogP contribution is -2.04. The van der Waals surface area contributed by atoms with E-state index in [9.17, 15) is 0 Å². The molecule has 0 aliphatic heterocycles. The maximum absolute atomic E-state index is 9.08. The Morgan fingerprint density at radius 2 is 1.96 bits per heavy atom. The summed E-state index contributed by atoms with van der Waals surface area (Å²) in [6.07, 6.45) is 2.34. The second-order valence-corrected chi connectivity index (χ2v) is 6.71. The summed E-state index contributed by atoms with van der Waals surface area (Å²) in [6.45, 7) is 0.676. The van der Waals surface area contributed by atoms with Gasteiger partial charge in [-0.15, -0.1) is 0 Å². The monoisotopic (exact) mass is 341 g/mol. The van der Waals surface area contributed by atoms with E-state index in [0.29, 0.717) is 28.1 Å². The highest BCUT2D eigenvalue weighted by atomic mass is 35.5. The quantitative estimate of drug-likeness (QED) is 0.661. The Morgan fingerprint density at radius 1 is 1.17 bits per heavy atom. The third-order valence-electron chi connectivity index (χ3n) is 4.16. The van der Waals surface area contributed by atoms with Gasteiger partial charge in [-0.25, -0.2) is 4.98 Å². The van der Waals surface area contributed by atoms with Crippen molar-refractivity contribution in [1.29, 1.82) is 5.26 Å². The molecule has 3 nitrogen and oxygen atoms in total. The molecule has 0 bridgehead atoms. The van der Waals surface area contributed by atoms with Crippen LogP contribution < -0.4 is 0 Å². The van der Waals surface area contributed by atoms with Crippen molar-refractivity contribution in [3.8, 4) is 6.07 Å². The number of nitrogens with zero attached hydrogens (tertiary/aromatic N) is 3. The highest BCUT2D eigenvalue weighted by Crippen LogP contribution is 2.41. The van der Waals surface area contributed by atoms with Gasteiger partial charge in [-0.3, -0.25) is 0 Å². The number of nitriles is 1. The van der Waals surface area contributed by atoms with Crippen molar-refractivity contribution in [2.45, 2.75) is 25.3 Å². The fourth-order valence-corrected chi connectivity index (χ4v) is 3.20. The number of hydrogen-bond donors (Lipinski definition) is 0. The zero-order chi connectivity index (χ0) is 16.0. The Balaban J connectivity index is 1.85. The molecule has 0 N–H and O–H groups in total. The van der Waals surface area contributed by atoms with Gasteiger partial charge in [0.2, 0.25) is 0 Å². The highest BCUT2D eigenvalue weighted by Gasteiger charge is 2.29. The summed E-state index contributed by atoms with van der Waals surface area (Å²) in [4.78, 5) is 4.77. The van der Waals surface area contributed by atoms with Gasteiger partial charge in [0, 0.05) is 12.5 Å². The number of rotatable bonds is 3. The molecule has 1 saturated carbocycles. The lowest BCUT2D eigenvalue weighted by Gasteiger charge is -2.09. The number of hydrogen-bond acceptors (Lipinski definition) is 2. The second-order valence-electron chi connectivity index (χ2n) is 5.90. The first-order valence-electron chi connectivity index (χ1n) is 7.50. The minimum atomic E-state index is 0.513. The first-order valence-corrected chi connectivity index (χ1v) is 8.25. The molecule has 0 atom stereocenters. The molecule has 114 valence electrons. The summed E-state index contributed by atoms with van der Waals surface area (Å²) in [7, 11) is 0. The molecule has 1 aliphatic carbocycles. The van der Waals surface area contributed by atoms with E-state index in [4.69, 9.17) is 33.4 Å². The van der Waals surface area contributed by atoms with Crippen LogP contribution in [0.1, 0.15) is 35.7 Å². The first kappa shape index (κ1) is 14.6. The number of aromatic nitrogens is 2. The summed E-state index contributed by atoms with van der Waals surface area (Å²) in [5.41, 5.74) is 3.61. The van der Waals surface area contributed by atoms with Crippen LogP contribution in [0, 0.1) is 11.3 Å². The molecule has 3 aromatic rings. The van der Waals surface area contributed by atoms with Crippen LogP contribution in [0.2, 0.25) is 10.0 Å². The lowest BCUT2D eigenvalue weighted by atomic mass is 10.1. The van der Waals surface area contributed by atoms with Crippen molar-refractivity contribution >= 4 is 34.2 Å². The Hall–Kier alpha value is -2.02. The van der Waals surface area contributed by atoms with Crippen LogP contribution in [0.3, 0.4) is 0 Å². The van der Waals surface area contributed by atoms with Crippen molar-refractivity contribution in [1.82, 2.24) is 9.55 Å². The van der Waals surface area contributed by atoms with Crippen LogP contribution >= 0.6 is 23.2 Å². The summed E-state index contributed by atoms with van der Waals surface area (Å²) in [6, 6.07) is 13.6. The molecule has 0 unspecified atom stereocenters. The van der Waals surface area contributed by atoms with Crippen molar-refractivity contribution in [3.05, 3.63) is 63.4 Å². The van der Waals surface area contributed by atoms with Crippen LogP contribution in [-0.4, -0.2) is 9.55 Å².